The van der Waals surface area contributed by atoms with Crippen molar-refractivity contribution in [3.05, 3.63) is 47.8 Å². The van der Waals surface area contributed by atoms with E-state index in [-0.39, 0.29) is 18.8 Å². The summed E-state index contributed by atoms with van der Waals surface area (Å²) in [5.41, 5.74) is 1.85. The third-order valence-electron chi connectivity index (χ3n) is 6.23. The summed E-state index contributed by atoms with van der Waals surface area (Å²) in [5.74, 6) is 2.41. The maximum atomic E-state index is 14.2. The number of nitrogens with zero attached hydrogens (tertiary/aromatic N) is 5. The summed E-state index contributed by atoms with van der Waals surface area (Å²) in [6, 6.07) is 10.1. The summed E-state index contributed by atoms with van der Waals surface area (Å²) in [5, 5.41) is 18.1. The molecule has 2 atom stereocenters. The van der Waals surface area contributed by atoms with Crippen LogP contribution < -0.4 is 19.5 Å². The van der Waals surface area contributed by atoms with Gasteiger partial charge in [0.2, 0.25) is 5.95 Å². The van der Waals surface area contributed by atoms with Gasteiger partial charge in [0.25, 0.3) is 0 Å². The number of amides is 1. The first-order valence-corrected chi connectivity index (χ1v) is 11.2. The second kappa shape index (κ2) is 9.36. The van der Waals surface area contributed by atoms with E-state index in [0.29, 0.717) is 46.3 Å². The molecule has 2 N–H and O–H groups in total. The van der Waals surface area contributed by atoms with Gasteiger partial charge >= 0.3 is 6.09 Å². The van der Waals surface area contributed by atoms with E-state index >= 15 is 0 Å². The number of methoxy groups -OCH3 is 3. The molecule has 0 saturated carbocycles. The number of benzene rings is 2. The van der Waals surface area contributed by atoms with E-state index in [1.54, 1.807) is 33.5 Å². The van der Waals surface area contributed by atoms with E-state index in [4.69, 9.17) is 19.2 Å². The summed E-state index contributed by atoms with van der Waals surface area (Å²) in [7, 11) is 4.71. The molecule has 0 aliphatic carbocycles. The van der Waals surface area contributed by atoms with Crippen molar-refractivity contribution in [2.45, 2.75) is 25.2 Å². The fourth-order valence-electron chi connectivity index (χ4n) is 4.45. The number of alkyl halides is 1. The molecule has 3 heterocycles. The number of carbonyl (C=O) groups is 1. The lowest BCUT2D eigenvalue weighted by atomic mass is 10.2. The van der Waals surface area contributed by atoms with Crippen LogP contribution >= 0.6 is 0 Å². The molecule has 0 spiro atoms. The highest BCUT2D eigenvalue weighted by atomic mass is 19.1. The van der Waals surface area contributed by atoms with Gasteiger partial charge in [-0.2, -0.15) is 4.52 Å². The number of para-hydroxylation sites is 1. The minimum absolute atomic E-state index is 0.0102. The third kappa shape index (κ3) is 4.04. The first-order chi connectivity index (χ1) is 17.4. The van der Waals surface area contributed by atoms with Gasteiger partial charge in [0, 0.05) is 30.0 Å². The molecule has 1 fully saturated rings. The van der Waals surface area contributed by atoms with Crippen LogP contribution in [0.1, 0.15) is 23.9 Å². The van der Waals surface area contributed by atoms with Crippen LogP contribution in [0.2, 0.25) is 0 Å². The number of carboxylic acid groups (broad SMARTS) is 1. The number of ether oxygens (including phenoxy) is 3. The lowest BCUT2D eigenvalue weighted by Crippen LogP contribution is -2.30. The van der Waals surface area contributed by atoms with Crippen LogP contribution in [-0.2, 0) is 6.54 Å². The predicted octanol–water partition coefficient (Wildman–Crippen LogP) is 3.68. The number of hydrogen-bond acceptors (Lipinski definition) is 8. The number of rotatable bonds is 7. The molecular formula is C24H25FN6O5. The van der Waals surface area contributed by atoms with Crippen LogP contribution in [0.5, 0.6) is 17.2 Å². The normalized spacial score (nSPS) is 17.5. The molecule has 0 unspecified atom stereocenters. The minimum Gasteiger partial charge on any atom is -0.497 e. The Kier molecular flexibility index (Phi) is 6.08. The largest absolute Gasteiger partial charge is 0.497 e. The number of nitrogens with one attached hydrogen (secondary N) is 1. The first kappa shape index (κ1) is 23.4. The van der Waals surface area contributed by atoms with Gasteiger partial charge in [-0.15, -0.1) is 5.10 Å². The maximum Gasteiger partial charge on any atom is 0.408 e. The SMILES string of the molecule is COc1ccc(CNc2nc3c(OC)cccc3c3nc([C@@H]4C[C@H](F)CN4C(=O)O)nn23)c(OC)c1. The third-order valence-corrected chi connectivity index (χ3v) is 6.23. The molecule has 1 saturated heterocycles. The number of likely N-dealkylation sites (tertiary alicyclic amines) is 1. The molecule has 12 heteroatoms. The van der Waals surface area contributed by atoms with E-state index in [1.807, 2.05) is 24.3 Å². The van der Waals surface area contributed by atoms with E-state index in [9.17, 15) is 14.3 Å². The predicted molar refractivity (Wildman–Crippen MR) is 129 cm³/mol. The van der Waals surface area contributed by atoms with Gasteiger partial charge in [-0.1, -0.05) is 6.07 Å². The summed E-state index contributed by atoms with van der Waals surface area (Å²) in [6.07, 6.45) is -2.51. The Labute approximate surface area is 205 Å². The van der Waals surface area contributed by atoms with Crippen molar-refractivity contribution in [3.63, 3.8) is 0 Å². The lowest BCUT2D eigenvalue weighted by molar-refractivity contribution is 0.136. The molecular weight excluding hydrogens is 471 g/mol. The van der Waals surface area contributed by atoms with Crippen molar-refractivity contribution in [2.24, 2.45) is 0 Å². The molecule has 2 aromatic carbocycles. The van der Waals surface area contributed by atoms with E-state index < -0.39 is 18.3 Å². The van der Waals surface area contributed by atoms with Gasteiger partial charge in [-0.25, -0.2) is 19.2 Å². The molecule has 5 rings (SSSR count). The van der Waals surface area contributed by atoms with Crippen LogP contribution in [0.4, 0.5) is 15.1 Å². The first-order valence-electron chi connectivity index (χ1n) is 11.2. The fraction of sp³-hybridized carbons (Fsp3) is 0.333. The zero-order chi connectivity index (χ0) is 25.4. The molecule has 36 heavy (non-hydrogen) atoms. The van der Waals surface area contributed by atoms with Crippen LogP contribution in [0.3, 0.4) is 0 Å². The second-order valence-electron chi connectivity index (χ2n) is 8.31. The van der Waals surface area contributed by atoms with Gasteiger partial charge in [0.15, 0.2) is 11.5 Å². The molecule has 2 aromatic heterocycles. The smallest absolute Gasteiger partial charge is 0.408 e. The Hall–Kier alpha value is -4.35. The van der Waals surface area contributed by atoms with Crippen molar-refractivity contribution in [3.8, 4) is 17.2 Å². The average molecular weight is 496 g/mol. The van der Waals surface area contributed by atoms with E-state index in [0.717, 1.165) is 10.5 Å². The van der Waals surface area contributed by atoms with Gasteiger partial charge in [0.05, 0.1) is 33.9 Å². The van der Waals surface area contributed by atoms with E-state index in [1.165, 1.54) is 4.52 Å². The molecule has 11 nitrogen and oxygen atoms in total. The molecule has 188 valence electrons. The summed E-state index contributed by atoms with van der Waals surface area (Å²) in [4.78, 5) is 22.1. The summed E-state index contributed by atoms with van der Waals surface area (Å²) < 4.78 is 31.9. The van der Waals surface area contributed by atoms with E-state index in [2.05, 4.69) is 15.4 Å². The Morgan fingerprint density at radius 3 is 2.67 bits per heavy atom. The van der Waals surface area contributed by atoms with Crippen LogP contribution in [-0.4, -0.2) is 69.7 Å². The number of aromatic nitrogens is 4. The zero-order valence-corrected chi connectivity index (χ0v) is 19.9. The standard InChI is InChI=1S/C24H25FN6O5/c1-34-15-8-7-13(19(10-15)36-3)11-26-23-27-20-16(5-4-6-18(20)35-2)22-28-21(29-31(22)23)17-9-14(25)12-30(17)24(32)33/h4-8,10,14,17H,9,11-12H2,1-3H3,(H,26,27)(H,32,33)/t14-,17-/m0/s1. The fourth-order valence-corrected chi connectivity index (χ4v) is 4.45. The van der Waals surface area contributed by atoms with Gasteiger partial charge in [-0.05, 0) is 24.3 Å². The Morgan fingerprint density at radius 1 is 1.14 bits per heavy atom. The number of anilines is 1. The Bertz CT molecular complexity index is 1440. The average Bonchev–Trinajstić information content (AvgIpc) is 3.51. The van der Waals surface area contributed by atoms with Crippen molar-refractivity contribution in [1.82, 2.24) is 24.5 Å². The molecule has 4 aromatic rings. The zero-order valence-electron chi connectivity index (χ0n) is 19.9. The van der Waals surface area contributed by atoms with Gasteiger partial charge in [-0.3, -0.25) is 4.90 Å². The van der Waals surface area contributed by atoms with Crippen molar-refractivity contribution < 1.29 is 28.5 Å². The van der Waals surface area contributed by atoms with Crippen LogP contribution in [0.25, 0.3) is 16.6 Å². The van der Waals surface area contributed by atoms with Crippen molar-refractivity contribution in [2.75, 3.05) is 33.2 Å². The number of fused-ring (bicyclic) bond motifs is 3. The highest BCUT2D eigenvalue weighted by molar-refractivity contribution is 5.96. The lowest BCUT2D eigenvalue weighted by Gasteiger charge is -2.17. The number of halogens is 1. The topological polar surface area (TPSA) is 123 Å². The van der Waals surface area contributed by atoms with Crippen molar-refractivity contribution in [1.29, 1.82) is 0 Å². The van der Waals surface area contributed by atoms with Gasteiger partial charge in [0.1, 0.15) is 28.9 Å². The molecule has 0 bridgehead atoms. The highest BCUT2D eigenvalue weighted by Gasteiger charge is 2.39. The van der Waals surface area contributed by atoms with Gasteiger partial charge < -0.3 is 24.6 Å². The quantitative estimate of drug-likeness (QED) is 0.394. The number of hydrogen-bond donors (Lipinski definition) is 2. The monoisotopic (exact) mass is 496 g/mol. The Morgan fingerprint density at radius 2 is 1.94 bits per heavy atom. The summed E-state index contributed by atoms with van der Waals surface area (Å²) in [6.45, 7) is 0.118. The molecule has 1 amide bonds. The molecule has 1 aliphatic rings. The maximum absolute atomic E-state index is 14.2. The molecule has 0 radical (unpaired) electrons. The summed E-state index contributed by atoms with van der Waals surface area (Å²) >= 11 is 0. The minimum atomic E-state index is -1.28. The molecule has 1 aliphatic heterocycles. The second-order valence-corrected chi connectivity index (χ2v) is 8.31. The highest BCUT2D eigenvalue weighted by Crippen LogP contribution is 2.35. The van der Waals surface area contributed by atoms with Crippen LogP contribution in [0.15, 0.2) is 36.4 Å². The Balaban J connectivity index is 1.61. The van der Waals surface area contributed by atoms with Crippen molar-refractivity contribution >= 4 is 28.6 Å². The van der Waals surface area contributed by atoms with Crippen LogP contribution in [0, 0.1) is 0 Å².